The van der Waals surface area contributed by atoms with Crippen molar-refractivity contribution in [3.05, 3.63) is 59.4 Å². The van der Waals surface area contributed by atoms with Crippen molar-refractivity contribution in [1.29, 1.82) is 0 Å². The van der Waals surface area contributed by atoms with Gasteiger partial charge in [0.05, 0.1) is 17.2 Å². The number of carbonyl (C=O) groups is 2. The summed E-state index contributed by atoms with van der Waals surface area (Å²) < 4.78 is 92.7. The van der Waals surface area contributed by atoms with Crippen LogP contribution in [0.2, 0.25) is 0 Å². The van der Waals surface area contributed by atoms with Crippen LogP contribution in [0, 0.1) is 17.7 Å². The molecule has 1 fully saturated rings. The Bertz CT molecular complexity index is 1020. The quantitative estimate of drug-likeness (QED) is 0.502. The van der Waals surface area contributed by atoms with Gasteiger partial charge in [0.25, 0.3) is 5.91 Å². The van der Waals surface area contributed by atoms with Crippen molar-refractivity contribution in [1.82, 2.24) is 0 Å². The van der Waals surface area contributed by atoms with Crippen LogP contribution in [0.5, 0.6) is 0 Å². The van der Waals surface area contributed by atoms with Crippen LogP contribution in [0.15, 0.2) is 42.5 Å². The van der Waals surface area contributed by atoms with Crippen molar-refractivity contribution >= 4 is 23.2 Å². The molecule has 2 atom stereocenters. The second kappa shape index (κ2) is 9.40. The van der Waals surface area contributed by atoms with Gasteiger partial charge in [0, 0.05) is 17.2 Å². The fraction of sp³-hybridized carbons (Fsp3) is 0.364. The number of hydrogen-bond donors (Lipinski definition) is 2. The van der Waals surface area contributed by atoms with Crippen LogP contribution in [0.4, 0.5) is 42.1 Å². The van der Waals surface area contributed by atoms with Gasteiger partial charge in [0.15, 0.2) is 0 Å². The second-order valence-corrected chi connectivity index (χ2v) is 7.81. The van der Waals surface area contributed by atoms with E-state index in [0.29, 0.717) is 6.07 Å². The Morgan fingerprint density at radius 3 is 2.15 bits per heavy atom. The number of amides is 2. The molecule has 0 radical (unpaired) electrons. The molecule has 2 amide bonds. The van der Waals surface area contributed by atoms with Crippen LogP contribution >= 0.6 is 0 Å². The van der Waals surface area contributed by atoms with E-state index in [-0.39, 0.29) is 30.5 Å². The lowest BCUT2D eigenvalue weighted by Crippen LogP contribution is -2.34. The lowest BCUT2D eigenvalue weighted by molar-refractivity contribution is -0.185. The number of carbonyl (C=O) groups excluding carboxylic acids is 2. The zero-order chi connectivity index (χ0) is 24.4. The van der Waals surface area contributed by atoms with Gasteiger partial charge in [0.2, 0.25) is 5.91 Å². The van der Waals surface area contributed by atoms with Gasteiger partial charge in [-0.1, -0.05) is 6.42 Å². The Labute approximate surface area is 184 Å². The molecule has 1 aliphatic carbocycles. The molecule has 0 bridgehead atoms. The third-order valence-electron chi connectivity index (χ3n) is 5.46. The fourth-order valence-electron chi connectivity index (χ4n) is 3.73. The summed E-state index contributed by atoms with van der Waals surface area (Å²) >= 11 is 0. The highest BCUT2D eigenvalue weighted by atomic mass is 19.4. The lowest BCUT2D eigenvalue weighted by Gasteiger charge is -2.30. The maximum atomic E-state index is 13.6. The molecular formula is C22H19F7N2O2. The second-order valence-electron chi connectivity index (χ2n) is 7.81. The standard InChI is InChI=1S/C22H19F7N2O2/c23-15-6-4-12(5-7-15)19(32)30-16-8-9-18(17(11-16)22(27,28)29)31-20(33)13-2-1-3-14(10-13)21(24,25)26/h4-9,11,13-14H,1-3,10H2,(H,30,32)(H,31,33). The average molecular weight is 476 g/mol. The van der Waals surface area contributed by atoms with Crippen molar-refractivity contribution in [2.75, 3.05) is 10.6 Å². The molecule has 3 rings (SSSR count). The number of hydrogen-bond acceptors (Lipinski definition) is 2. The molecule has 0 aromatic heterocycles. The van der Waals surface area contributed by atoms with Crippen molar-refractivity contribution in [2.45, 2.75) is 38.0 Å². The van der Waals surface area contributed by atoms with Crippen LogP contribution in [0.25, 0.3) is 0 Å². The zero-order valence-corrected chi connectivity index (χ0v) is 17.0. The topological polar surface area (TPSA) is 58.2 Å². The molecule has 11 heteroatoms. The summed E-state index contributed by atoms with van der Waals surface area (Å²) in [4.78, 5) is 24.6. The molecule has 1 saturated carbocycles. The molecule has 2 unspecified atom stereocenters. The first-order chi connectivity index (χ1) is 15.3. The number of anilines is 2. The van der Waals surface area contributed by atoms with E-state index in [0.717, 1.165) is 36.4 Å². The molecule has 0 spiro atoms. The van der Waals surface area contributed by atoms with E-state index < -0.39 is 59.5 Å². The minimum atomic E-state index is -4.92. The maximum absolute atomic E-state index is 13.6. The van der Waals surface area contributed by atoms with Crippen molar-refractivity contribution in [2.24, 2.45) is 11.8 Å². The Hall–Kier alpha value is -3.11. The number of halogens is 7. The number of nitrogens with one attached hydrogen (secondary N) is 2. The van der Waals surface area contributed by atoms with E-state index in [4.69, 9.17) is 0 Å². The van der Waals surface area contributed by atoms with Gasteiger partial charge in [-0.15, -0.1) is 0 Å². The molecule has 0 aliphatic heterocycles. The predicted molar refractivity (Wildman–Crippen MR) is 106 cm³/mol. The van der Waals surface area contributed by atoms with Gasteiger partial charge in [-0.3, -0.25) is 9.59 Å². The van der Waals surface area contributed by atoms with Gasteiger partial charge >= 0.3 is 12.4 Å². The van der Waals surface area contributed by atoms with E-state index in [1.165, 1.54) is 0 Å². The normalized spacial score (nSPS) is 19.1. The van der Waals surface area contributed by atoms with Crippen molar-refractivity contribution in [3.8, 4) is 0 Å². The summed E-state index contributed by atoms with van der Waals surface area (Å²) in [6.07, 6.45) is -9.71. The first-order valence-electron chi connectivity index (χ1n) is 10.0. The minimum Gasteiger partial charge on any atom is -0.325 e. The van der Waals surface area contributed by atoms with E-state index >= 15 is 0 Å². The molecule has 178 valence electrons. The van der Waals surface area contributed by atoms with Crippen LogP contribution in [-0.2, 0) is 11.0 Å². The van der Waals surface area contributed by atoms with Gasteiger partial charge in [-0.2, -0.15) is 26.3 Å². The Balaban J connectivity index is 1.77. The van der Waals surface area contributed by atoms with E-state index in [1.54, 1.807) is 0 Å². The largest absolute Gasteiger partial charge is 0.418 e. The minimum absolute atomic E-state index is 0.0128. The van der Waals surface area contributed by atoms with Crippen molar-refractivity contribution < 1.29 is 40.3 Å². The third kappa shape index (κ3) is 6.23. The Kier molecular flexibility index (Phi) is 6.99. The summed E-state index contributed by atoms with van der Waals surface area (Å²) in [7, 11) is 0. The highest BCUT2D eigenvalue weighted by Crippen LogP contribution is 2.41. The SMILES string of the molecule is O=C(Nc1ccc(NC(=O)C2CCCC(C(F)(F)F)C2)c(C(F)(F)F)c1)c1ccc(F)cc1. The molecule has 1 aliphatic rings. The summed E-state index contributed by atoms with van der Waals surface area (Å²) in [5, 5.41) is 4.35. The third-order valence-corrected chi connectivity index (χ3v) is 5.46. The molecule has 2 aromatic rings. The van der Waals surface area contributed by atoms with E-state index in [2.05, 4.69) is 10.6 Å². The highest BCUT2D eigenvalue weighted by molar-refractivity contribution is 6.04. The van der Waals surface area contributed by atoms with Gasteiger partial charge < -0.3 is 10.6 Å². The molecule has 0 saturated heterocycles. The number of rotatable bonds is 4. The Morgan fingerprint density at radius 1 is 0.879 bits per heavy atom. The van der Waals surface area contributed by atoms with Crippen LogP contribution in [0.3, 0.4) is 0 Å². The maximum Gasteiger partial charge on any atom is 0.418 e. The first kappa shape index (κ1) is 24.5. The highest BCUT2D eigenvalue weighted by Gasteiger charge is 2.44. The zero-order valence-electron chi connectivity index (χ0n) is 17.0. The molecular weight excluding hydrogens is 457 g/mol. The van der Waals surface area contributed by atoms with Crippen LogP contribution < -0.4 is 10.6 Å². The van der Waals surface area contributed by atoms with Gasteiger partial charge in [-0.25, -0.2) is 4.39 Å². The van der Waals surface area contributed by atoms with Gasteiger partial charge in [-0.05, 0) is 61.7 Å². The number of benzene rings is 2. The Morgan fingerprint density at radius 2 is 1.55 bits per heavy atom. The summed E-state index contributed by atoms with van der Waals surface area (Å²) in [6.45, 7) is 0. The monoisotopic (exact) mass is 476 g/mol. The summed E-state index contributed by atoms with van der Waals surface area (Å²) in [6, 6.07) is 6.99. The molecule has 4 nitrogen and oxygen atoms in total. The first-order valence-corrected chi connectivity index (χ1v) is 10.0. The van der Waals surface area contributed by atoms with Crippen molar-refractivity contribution in [3.63, 3.8) is 0 Å². The molecule has 33 heavy (non-hydrogen) atoms. The lowest BCUT2D eigenvalue weighted by atomic mass is 9.80. The fourth-order valence-corrected chi connectivity index (χ4v) is 3.73. The van der Waals surface area contributed by atoms with Crippen LogP contribution in [-0.4, -0.2) is 18.0 Å². The van der Waals surface area contributed by atoms with E-state index in [9.17, 15) is 40.3 Å². The molecule has 2 aromatic carbocycles. The van der Waals surface area contributed by atoms with Gasteiger partial charge in [0.1, 0.15) is 5.82 Å². The van der Waals surface area contributed by atoms with E-state index in [1.807, 2.05) is 0 Å². The predicted octanol–water partition coefficient (Wildman–Crippen LogP) is 6.40. The molecule has 0 heterocycles. The summed E-state index contributed by atoms with van der Waals surface area (Å²) in [5.74, 6) is -5.03. The summed E-state index contributed by atoms with van der Waals surface area (Å²) in [5.41, 5.74) is -2.11. The smallest absolute Gasteiger partial charge is 0.325 e. The molecule has 2 N–H and O–H groups in total. The van der Waals surface area contributed by atoms with Crippen LogP contribution in [0.1, 0.15) is 41.6 Å². The number of alkyl halides is 6. The average Bonchev–Trinajstić information content (AvgIpc) is 2.74.